The highest BCUT2D eigenvalue weighted by Gasteiger charge is 2.25. The van der Waals surface area contributed by atoms with Crippen molar-refractivity contribution in [1.82, 2.24) is 4.57 Å². The van der Waals surface area contributed by atoms with Crippen molar-refractivity contribution < 1.29 is 14.4 Å². The number of Topliss-reactive ketones (excluding diaryl/α,β-unsaturated/α-hetero) is 1. The molecule has 0 unspecified atom stereocenters. The van der Waals surface area contributed by atoms with Gasteiger partial charge < -0.3 is 19.1 Å². The standard InChI is InChI=1S/C22H29N3O2/c1-5-9-25-17(2)14-21(18(25)3)22(26)16-23-10-12-24(13-11-23)19-7-6-8-20(15-19)27-4/h5-8,14-15H,1,9-13,16H2,2-4H3/p+1. The molecule has 144 valence electrons. The van der Waals surface area contributed by atoms with Crippen LogP contribution in [0.3, 0.4) is 0 Å². The lowest BCUT2D eigenvalue weighted by Gasteiger charge is -2.33. The van der Waals surface area contributed by atoms with Gasteiger partial charge in [0.1, 0.15) is 12.3 Å². The maximum Gasteiger partial charge on any atom is 0.218 e. The number of ketones is 1. The molecule has 0 atom stereocenters. The SMILES string of the molecule is C=CCn1c(C)cc(C(=O)C[NH+]2CCN(c3cccc(OC)c3)CC2)c1C. The monoisotopic (exact) mass is 368 g/mol. The number of benzene rings is 1. The second-order valence-electron chi connectivity index (χ2n) is 7.22. The van der Waals surface area contributed by atoms with E-state index in [9.17, 15) is 4.79 Å². The number of quaternary nitrogens is 1. The van der Waals surface area contributed by atoms with E-state index in [2.05, 4.69) is 28.2 Å². The van der Waals surface area contributed by atoms with Crippen molar-refractivity contribution in [2.45, 2.75) is 20.4 Å². The fraction of sp³-hybridized carbons (Fsp3) is 0.409. The summed E-state index contributed by atoms with van der Waals surface area (Å²) in [6.07, 6.45) is 1.87. The molecule has 1 fully saturated rings. The van der Waals surface area contributed by atoms with Gasteiger partial charge >= 0.3 is 0 Å². The summed E-state index contributed by atoms with van der Waals surface area (Å²) in [7, 11) is 1.69. The number of nitrogens with one attached hydrogen (secondary N) is 1. The van der Waals surface area contributed by atoms with Crippen LogP contribution in [-0.2, 0) is 6.54 Å². The van der Waals surface area contributed by atoms with Crippen molar-refractivity contribution in [1.29, 1.82) is 0 Å². The van der Waals surface area contributed by atoms with Crippen LogP contribution in [0.5, 0.6) is 5.75 Å². The predicted octanol–water partition coefficient (Wildman–Crippen LogP) is 1.89. The first kappa shape index (κ1) is 19.2. The Morgan fingerprint density at radius 3 is 2.67 bits per heavy atom. The molecule has 0 radical (unpaired) electrons. The van der Waals surface area contributed by atoms with Crippen molar-refractivity contribution in [3.8, 4) is 5.75 Å². The normalized spacial score (nSPS) is 15.0. The number of carbonyl (C=O) groups is 1. The number of nitrogens with zero attached hydrogens (tertiary/aromatic N) is 2. The molecule has 5 heteroatoms. The number of ether oxygens (including phenoxy) is 1. The van der Waals surface area contributed by atoms with Gasteiger partial charge in [0.25, 0.3) is 0 Å². The maximum atomic E-state index is 12.8. The molecule has 5 nitrogen and oxygen atoms in total. The van der Waals surface area contributed by atoms with E-state index in [1.54, 1.807) is 7.11 Å². The second-order valence-corrected chi connectivity index (χ2v) is 7.22. The van der Waals surface area contributed by atoms with E-state index in [0.29, 0.717) is 6.54 Å². The molecule has 0 aliphatic carbocycles. The van der Waals surface area contributed by atoms with E-state index in [1.165, 1.54) is 10.6 Å². The number of hydrogen-bond donors (Lipinski definition) is 1. The smallest absolute Gasteiger partial charge is 0.218 e. The number of carbonyl (C=O) groups excluding carboxylic acids is 1. The molecule has 0 saturated carbocycles. The molecule has 1 saturated heterocycles. The topological polar surface area (TPSA) is 38.9 Å². The Morgan fingerprint density at radius 2 is 2.00 bits per heavy atom. The molecular weight excluding hydrogens is 338 g/mol. The van der Waals surface area contributed by atoms with Gasteiger partial charge in [-0.2, -0.15) is 0 Å². The van der Waals surface area contributed by atoms with Gasteiger partial charge in [-0.1, -0.05) is 12.1 Å². The zero-order chi connectivity index (χ0) is 19.4. The summed E-state index contributed by atoms with van der Waals surface area (Å²) >= 11 is 0. The number of aryl methyl sites for hydroxylation is 1. The molecule has 0 amide bonds. The third-order valence-corrected chi connectivity index (χ3v) is 5.49. The molecular formula is C22H30N3O2+. The molecule has 3 rings (SSSR count). The maximum absolute atomic E-state index is 12.8. The fourth-order valence-corrected chi connectivity index (χ4v) is 3.88. The first-order valence-electron chi connectivity index (χ1n) is 9.57. The van der Waals surface area contributed by atoms with Gasteiger partial charge in [0, 0.05) is 35.2 Å². The molecule has 0 spiro atoms. The van der Waals surface area contributed by atoms with Gasteiger partial charge in [-0.3, -0.25) is 4.79 Å². The highest BCUT2D eigenvalue weighted by Crippen LogP contribution is 2.21. The Balaban J connectivity index is 1.60. The number of allylic oxidation sites excluding steroid dienone is 1. The number of methoxy groups -OCH3 is 1. The predicted molar refractivity (Wildman–Crippen MR) is 109 cm³/mol. The third kappa shape index (κ3) is 4.25. The first-order valence-corrected chi connectivity index (χ1v) is 9.57. The minimum absolute atomic E-state index is 0.239. The van der Waals surface area contributed by atoms with Gasteiger partial charge in [-0.25, -0.2) is 0 Å². The number of aromatic nitrogens is 1. The van der Waals surface area contributed by atoms with Crippen LogP contribution in [0.1, 0.15) is 21.7 Å². The molecule has 1 aliphatic rings. The third-order valence-electron chi connectivity index (χ3n) is 5.49. The molecule has 1 aromatic heterocycles. The van der Waals surface area contributed by atoms with Crippen LogP contribution < -0.4 is 14.5 Å². The molecule has 27 heavy (non-hydrogen) atoms. The first-order chi connectivity index (χ1) is 13.0. The Labute approximate surface area is 161 Å². The van der Waals surface area contributed by atoms with Crippen LogP contribution in [0.2, 0.25) is 0 Å². The number of piperazine rings is 1. The van der Waals surface area contributed by atoms with E-state index in [1.807, 2.05) is 38.1 Å². The molecule has 1 N–H and O–H groups in total. The molecule has 1 aliphatic heterocycles. The summed E-state index contributed by atoms with van der Waals surface area (Å²) in [6, 6.07) is 10.2. The lowest BCUT2D eigenvalue weighted by Crippen LogP contribution is -3.15. The highest BCUT2D eigenvalue weighted by atomic mass is 16.5. The van der Waals surface area contributed by atoms with E-state index in [-0.39, 0.29) is 5.78 Å². The van der Waals surface area contributed by atoms with Gasteiger partial charge in [0.15, 0.2) is 0 Å². The second kappa shape index (κ2) is 8.44. The van der Waals surface area contributed by atoms with Gasteiger partial charge in [-0.15, -0.1) is 6.58 Å². The van der Waals surface area contributed by atoms with Crippen LogP contribution in [0.4, 0.5) is 5.69 Å². The Kier molecular flexibility index (Phi) is 6.01. The van der Waals surface area contributed by atoms with Crippen LogP contribution >= 0.6 is 0 Å². The fourth-order valence-electron chi connectivity index (χ4n) is 3.88. The lowest BCUT2D eigenvalue weighted by atomic mass is 10.1. The molecule has 1 aromatic carbocycles. The Morgan fingerprint density at radius 1 is 1.26 bits per heavy atom. The minimum Gasteiger partial charge on any atom is -0.497 e. The summed E-state index contributed by atoms with van der Waals surface area (Å²) in [5.74, 6) is 1.12. The summed E-state index contributed by atoms with van der Waals surface area (Å²) < 4.78 is 7.47. The Bertz CT molecular complexity index is 817. The zero-order valence-corrected chi connectivity index (χ0v) is 16.6. The van der Waals surface area contributed by atoms with E-state index >= 15 is 0 Å². The van der Waals surface area contributed by atoms with Crippen LogP contribution in [0, 0.1) is 13.8 Å². The average molecular weight is 369 g/mol. The number of rotatable bonds is 7. The molecule has 2 aromatic rings. The van der Waals surface area contributed by atoms with E-state index in [4.69, 9.17) is 4.74 Å². The molecule has 0 bridgehead atoms. The number of hydrogen-bond acceptors (Lipinski definition) is 3. The average Bonchev–Trinajstić information content (AvgIpc) is 2.97. The summed E-state index contributed by atoms with van der Waals surface area (Å²) in [5.41, 5.74) is 4.21. The van der Waals surface area contributed by atoms with Crippen LogP contribution in [-0.4, -0.2) is 50.2 Å². The summed E-state index contributed by atoms with van der Waals surface area (Å²) in [6.45, 7) is 13.0. The van der Waals surface area contributed by atoms with Crippen molar-refractivity contribution in [2.75, 3.05) is 44.7 Å². The van der Waals surface area contributed by atoms with Crippen molar-refractivity contribution in [3.05, 3.63) is 59.9 Å². The Hall–Kier alpha value is -2.53. The van der Waals surface area contributed by atoms with Gasteiger partial charge in [0.05, 0.1) is 33.3 Å². The van der Waals surface area contributed by atoms with Crippen molar-refractivity contribution in [2.24, 2.45) is 0 Å². The van der Waals surface area contributed by atoms with Gasteiger partial charge in [-0.05, 0) is 32.0 Å². The molecule has 2 heterocycles. The summed E-state index contributed by atoms with van der Waals surface area (Å²) in [4.78, 5) is 16.6. The van der Waals surface area contributed by atoms with E-state index < -0.39 is 0 Å². The van der Waals surface area contributed by atoms with Crippen molar-refractivity contribution >= 4 is 11.5 Å². The summed E-state index contributed by atoms with van der Waals surface area (Å²) in [5, 5.41) is 0. The minimum atomic E-state index is 0.239. The number of anilines is 1. The largest absolute Gasteiger partial charge is 0.497 e. The van der Waals surface area contributed by atoms with Crippen molar-refractivity contribution in [3.63, 3.8) is 0 Å². The highest BCUT2D eigenvalue weighted by molar-refractivity contribution is 5.98. The van der Waals surface area contributed by atoms with Crippen LogP contribution in [0.25, 0.3) is 0 Å². The van der Waals surface area contributed by atoms with Crippen LogP contribution in [0.15, 0.2) is 43.0 Å². The lowest BCUT2D eigenvalue weighted by molar-refractivity contribution is -0.892. The zero-order valence-electron chi connectivity index (χ0n) is 16.6. The van der Waals surface area contributed by atoms with Gasteiger partial charge in [0.2, 0.25) is 5.78 Å². The quantitative estimate of drug-likeness (QED) is 0.599. The van der Waals surface area contributed by atoms with E-state index in [0.717, 1.165) is 55.4 Å².